The average molecular weight is 927 g/mol. The fourth-order valence-electron chi connectivity index (χ4n) is 7.80. The van der Waals surface area contributed by atoms with E-state index in [1.807, 2.05) is 63.2 Å². The molecule has 1 aliphatic heterocycles. The van der Waals surface area contributed by atoms with Crippen molar-refractivity contribution in [1.82, 2.24) is 41.2 Å². The van der Waals surface area contributed by atoms with E-state index in [2.05, 4.69) is 26.4 Å². The van der Waals surface area contributed by atoms with Crippen LogP contribution in [0.3, 0.4) is 0 Å². The van der Waals surface area contributed by atoms with Crippen molar-refractivity contribution in [3.8, 4) is 0 Å². The van der Waals surface area contributed by atoms with Gasteiger partial charge in [0.15, 0.2) is 0 Å². The van der Waals surface area contributed by atoms with Crippen molar-refractivity contribution in [3.63, 3.8) is 0 Å². The minimum atomic E-state index is -1.71. The zero-order valence-corrected chi connectivity index (χ0v) is 39.1. The summed E-state index contributed by atoms with van der Waals surface area (Å²) in [5.74, 6) is -10.4. The van der Waals surface area contributed by atoms with Gasteiger partial charge in [0.2, 0.25) is 23.6 Å². The number of carbonyl (C=O) groups excluding carboxylic acids is 7. The fraction of sp³-hybridized carbons (Fsp3) is 0.458. The van der Waals surface area contributed by atoms with Crippen molar-refractivity contribution in [2.24, 2.45) is 23.2 Å². The number of aromatic nitrogens is 1. The lowest BCUT2D eigenvalue weighted by Crippen LogP contribution is -2.61. The number of carbonyl (C=O) groups is 9. The second kappa shape index (κ2) is 23.3. The number of fused-ring (bicyclic) bond motifs is 1. The van der Waals surface area contributed by atoms with Gasteiger partial charge >= 0.3 is 11.9 Å². The number of carboxylic acids is 2. The van der Waals surface area contributed by atoms with Gasteiger partial charge in [-0.25, -0.2) is 9.99 Å². The van der Waals surface area contributed by atoms with Gasteiger partial charge in [-0.3, -0.25) is 48.6 Å². The standard InChI is InChI=1S/C48H62N8O11/c1-28(2)40(51-43(63)34-19-18-31-16-12-13-17-33(31)49-34)45(65)50-35(24-38(59)60)44(64)52-41(29(3)4)47(67)55-23-22-32(25-48(5,6)7)42(55)46(66)53-56(27-39(61)62)37(58)21-20-36(57)54(8)26-30-14-10-9-11-15-30/h9-21,28-29,32,35,40-42H,22-27H2,1-8H3,(H,50,65)(H,51,63)(H,52,64)(H,53,66)(H,59,60)(H,61,62)/b21-20+/t32?,35-,40-,41-,42-/m0/s1. The Morgan fingerprint density at radius 1 is 0.776 bits per heavy atom. The van der Waals surface area contributed by atoms with E-state index < -0.39 is 108 Å². The van der Waals surface area contributed by atoms with Gasteiger partial charge in [0.25, 0.3) is 17.7 Å². The molecule has 4 rings (SSSR count). The Bertz CT molecular complexity index is 2350. The summed E-state index contributed by atoms with van der Waals surface area (Å²) in [6.45, 7) is 11.6. The van der Waals surface area contributed by atoms with Gasteiger partial charge in [0.05, 0.1) is 11.9 Å². The molecule has 1 aromatic heterocycles. The van der Waals surface area contributed by atoms with Gasteiger partial charge in [0.1, 0.15) is 36.4 Å². The Balaban J connectivity index is 1.54. The summed E-state index contributed by atoms with van der Waals surface area (Å²) >= 11 is 0. The van der Waals surface area contributed by atoms with Gasteiger partial charge in [-0.15, -0.1) is 0 Å². The molecule has 3 aromatic rings. The summed E-state index contributed by atoms with van der Waals surface area (Å²) in [5.41, 5.74) is 3.42. The van der Waals surface area contributed by atoms with Gasteiger partial charge in [-0.1, -0.05) is 103 Å². The number of hydrogen-bond donors (Lipinski definition) is 6. The minimum Gasteiger partial charge on any atom is -0.481 e. The monoisotopic (exact) mass is 926 g/mol. The third-order valence-electron chi connectivity index (χ3n) is 11.1. The number of nitrogens with one attached hydrogen (secondary N) is 4. The molecule has 0 bridgehead atoms. The molecule has 2 heterocycles. The smallest absolute Gasteiger partial charge is 0.325 e. The first-order valence-electron chi connectivity index (χ1n) is 22.1. The van der Waals surface area contributed by atoms with Crippen LogP contribution in [0, 0.1) is 23.2 Å². The number of nitrogens with zero attached hydrogens (tertiary/aromatic N) is 4. The molecule has 7 amide bonds. The molecule has 0 spiro atoms. The van der Waals surface area contributed by atoms with Gasteiger partial charge in [-0.05, 0) is 53.7 Å². The molecule has 19 nitrogen and oxygen atoms in total. The van der Waals surface area contributed by atoms with Crippen molar-refractivity contribution in [2.75, 3.05) is 20.1 Å². The number of carboxylic acid groups (broad SMARTS) is 2. The summed E-state index contributed by atoms with van der Waals surface area (Å²) < 4.78 is 0. The molecule has 6 N–H and O–H groups in total. The highest BCUT2D eigenvalue weighted by molar-refractivity contribution is 6.01. The van der Waals surface area contributed by atoms with Crippen LogP contribution in [0.1, 0.15) is 83.8 Å². The van der Waals surface area contributed by atoms with E-state index in [0.717, 1.165) is 23.1 Å². The second-order valence-electron chi connectivity index (χ2n) is 18.6. The van der Waals surface area contributed by atoms with Crippen molar-refractivity contribution in [1.29, 1.82) is 0 Å². The van der Waals surface area contributed by atoms with E-state index >= 15 is 0 Å². The predicted molar refractivity (Wildman–Crippen MR) is 246 cm³/mol. The number of hydrogen-bond acceptors (Lipinski definition) is 10. The van der Waals surface area contributed by atoms with Crippen LogP contribution in [0.25, 0.3) is 10.9 Å². The van der Waals surface area contributed by atoms with E-state index in [4.69, 9.17) is 0 Å². The van der Waals surface area contributed by atoms with Crippen LogP contribution < -0.4 is 21.4 Å². The van der Waals surface area contributed by atoms with E-state index in [-0.39, 0.29) is 24.2 Å². The largest absolute Gasteiger partial charge is 0.481 e. The molecule has 1 saturated heterocycles. The average Bonchev–Trinajstić information content (AvgIpc) is 3.67. The summed E-state index contributed by atoms with van der Waals surface area (Å²) in [5, 5.41) is 28.5. The maximum absolute atomic E-state index is 14.6. The molecule has 0 aliphatic carbocycles. The number of aliphatic carboxylic acids is 2. The third kappa shape index (κ3) is 15.2. The summed E-state index contributed by atoms with van der Waals surface area (Å²) in [4.78, 5) is 127. The van der Waals surface area contributed by atoms with E-state index in [1.165, 1.54) is 22.9 Å². The third-order valence-corrected chi connectivity index (χ3v) is 11.1. The number of likely N-dealkylation sites (N-methyl/N-ethyl adjacent to an activating group) is 1. The molecular weight excluding hydrogens is 865 g/mol. The fourth-order valence-corrected chi connectivity index (χ4v) is 7.80. The van der Waals surface area contributed by atoms with Gasteiger partial charge in [0, 0.05) is 37.7 Å². The first-order valence-corrected chi connectivity index (χ1v) is 22.1. The van der Waals surface area contributed by atoms with Crippen LogP contribution in [0.2, 0.25) is 0 Å². The Morgan fingerprint density at radius 2 is 1.40 bits per heavy atom. The molecule has 5 atom stereocenters. The van der Waals surface area contributed by atoms with Crippen molar-refractivity contribution in [2.45, 2.75) is 98.4 Å². The molecule has 0 saturated carbocycles. The topological polar surface area (TPSA) is 265 Å². The first kappa shape index (κ1) is 52.4. The number of likely N-dealkylation sites (tertiary alicyclic amines) is 1. The van der Waals surface area contributed by atoms with Crippen LogP contribution in [-0.4, -0.2) is 128 Å². The number of pyridine rings is 1. The minimum absolute atomic E-state index is 0.0293. The molecule has 360 valence electrons. The van der Waals surface area contributed by atoms with E-state index in [1.54, 1.807) is 45.9 Å². The lowest BCUT2D eigenvalue weighted by atomic mass is 9.81. The zero-order chi connectivity index (χ0) is 49.7. The predicted octanol–water partition coefficient (Wildman–Crippen LogP) is 2.90. The Morgan fingerprint density at radius 3 is 2.01 bits per heavy atom. The lowest BCUT2D eigenvalue weighted by Gasteiger charge is -2.35. The van der Waals surface area contributed by atoms with Crippen LogP contribution in [0.15, 0.2) is 78.9 Å². The normalized spacial score (nSPS) is 16.2. The molecule has 0 radical (unpaired) electrons. The number of benzene rings is 2. The van der Waals surface area contributed by atoms with Crippen LogP contribution in [0.5, 0.6) is 0 Å². The Kier molecular flexibility index (Phi) is 18.3. The van der Waals surface area contributed by atoms with E-state index in [0.29, 0.717) is 23.4 Å². The molecule has 2 aromatic carbocycles. The van der Waals surface area contributed by atoms with Crippen molar-refractivity contribution >= 4 is 64.2 Å². The first-order chi connectivity index (χ1) is 31.4. The summed E-state index contributed by atoms with van der Waals surface area (Å²) in [6, 6.07) is 13.8. The summed E-state index contributed by atoms with van der Waals surface area (Å²) in [7, 11) is 1.52. The van der Waals surface area contributed by atoms with Gasteiger partial charge in [-0.2, -0.15) is 0 Å². The Labute approximate surface area is 389 Å². The molecule has 1 unspecified atom stereocenters. The SMILES string of the molecule is CC(C)[C@H](NC(=O)c1ccc2ccccc2n1)C(=O)N[C@@H](CC(=O)O)C(=O)N[C@H](C(=O)N1CCC(CC(C)(C)C)[C@H]1C(=O)NN(CC(=O)O)C(=O)/C=C/C(=O)N(C)Cc1ccccc1)C(C)C. The van der Waals surface area contributed by atoms with Crippen molar-refractivity contribution < 1.29 is 53.4 Å². The number of amides is 7. The highest BCUT2D eigenvalue weighted by atomic mass is 16.4. The van der Waals surface area contributed by atoms with Crippen LogP contribution >= 0.6 is 0 Å². The quantitative estimate of drug-likeness (QED) is 0.0749. The van der Waals surface area contributed by atoms with Crippen molar-refractivity contribution in [3.05, 3.63) is 90.1 Å². The van der Waals surface area contributed by atoms with E-state index in [9.17, 15) is 53.4 Å². The number of para-hydroxylation sites is 1. The second-order valence-corrected chi connectivity index (χ2v) is 18.6. The zero-order valence-electron chi connectivity index (χ0n) is 39.1. The molecular formula is C48H62N8O11. The maximum Gasteiger partial charge on any atom is 0.325 e. The molecule has 67 heavy (non-hydrogen) atoms. The molecule has 1 fully saturated rings. The highest BCUT2D eigenvalue weighted by Crippen LogP contribution is 2.36. The number of rotatable bonds is 19. The maximum atomic E-state index is 14.6. The molecule has 19 heteroatoms. The summed E-state index contributed by atoms with van der Waals surface area (Å²) in [6.07, 6.45) is 1.65. The number of hydrazine groups is 1. The van der Waals surface area contributed by atoms with Gasteiger partial charge < -0.3 is 36.0 Å². The lowest BCUT2D eigenvalue weighted by molar-refractivity contribution is -0.151. The molecule has 1 aliphatic rings. The van der Waals surface area contributed by atoms with Crippen LogP contribution in [0.4, 0.5) is 0 Å². The highest BCUT2D eigenvalue weighted by Gasteiger charge is 2.46. The van der Waals surface area contributed by atoms with Crippen LogP contribution in [-0.2, 0) is 44.9 Å². The Hall–Kier alpha value is -7.18.